The standard InChI is InChI=1S/C15H19N3O3S/c1-4-9-21-12-8-6-5-7-11(12)13(19)16-15-18-17-14(22-15)10(2)20-3/h5-8,10H,4,9H2,1-3H3,(H,16,18,19). The van der Waals surface area contributed by atoms with Crippen molar-refractivity contribution in [1.82, 2.24) is 10.2 Å². The summed E-state index contributed by atoms with van der Waals surface area (Å²) in [5.74, 6) is 0.302. The molecule has 1 N–H and O–H groups in total. The van der Waals surface area contributed by atoms with Crippen molar-refractivity contribution in [3.63, 3.8) is 0 Å². The first-order valence-electron chi connectivity index (χ1n) is 7.05. The number of benzene rings is 1. The Balaban J connectivity index is 2.10. The molecule has 1 atom stereocenters. The highest BCUT2D eigenvalue weighted by atomic mass is 32.1. The molecule has 2 rings (SSSR count). The second-order valence-electron chi connectivity index (χ2n) is 4.62. The predicted molar refractivity (Wildman–Crippen MR) is 85.5 cm³/mol. The summed E-state index contributed by atoms with van der Waals surface area (Å²) in [4.78, 5) is 12.4. The van der Waals surface area contributed by atoms with Gasteiger partial charge in [-0.15, -0.1) is 10.2 Å². The highest BCUT2D eigenvalue weighted by molar-refractivity contribution is 7.15. The summed E-state index contributed by atoms with van der Waals surface area (Å²) >= 11 is 1.29. The van der Waals surface area contributed by atoms with E-state index in [-0.39, 0.29) is 12.0 Å². The fourth-order valence-electron chi connectivity index (χ4n) is 1.71. The summed E-state index contributed by atoms with van der Waals surface area (Å²) in [7, 11) is 1.60. The smallest absolute Gasteiger partial charge is 0.261 e. The van der Waals surface area contributed by atoms with Gasteiger partial charge in [-0.2, -0.15) is 0 Å². The minimum Gasteiger partial charge on any atom is -0.493 e. The molecule has 7 heteroatoms. The quantitative estimate of drug-likeness (QED) is 0.847. The summed E-state index contributed by atoms with van der Waals surface area (Å²) in [5, 5.41) is 11.9. The molecule has 0 fully saturated rings. The number of nitrogens with zero attached hydrogens (tertiary/aromatic N) is 2. The first-order chi connectivity index (χ1) is 10.7. The third kappa shape index (κ3) is 4.02. The molecule has 1 heterocycles. The van der Waals surface area contributed by atoms with Crippen LogP contribution >= 0.6 is 11.3 Å². The van der Waals surface area contributed by atoms with Gasteiger partial charge in [-0.3, -0.25) is 10.1 Å². The summed E-state index contributed by atoms with van der Waals surface area (Å²) in [6.45, 7) is 4.46. The lowest BCUT2D eigenvalue weighted by molar-refractivity contribution is 0.102. The lowest BCUT2D eigenvalue weighted by Gasteiger charge is -2.09. The van der Waals surface area contributed by atoms with Crippen LogP contribution in [0.4, 0.5) is 5.13 Å². The predicted octanol–water partition coefficient (Wildman–Crippen LogP) is 3.29. The van der Waals surface area contributed by atoms with E-state index in [2.05, 4.69) is 15.5 Å². The average Bonchev–Trinajstić information content (AvgIpc) is 3.00. The van der Waals surface area contributed by atoms with E-state index in [1.165, 1.54) is 11.3 Å². The number of carbonyl (C=O) groups is 1. The Labute approximate surface area is 133 Å². The normalized spacial score (nSPS) is 12.0. The van der Waals surface area contributed by atoms with Gasteiger partial charge >= 0.3 is 0 Å². The highest BCUT2D eigenvalue weighted by Crippen LogP contribution is 2.25. The Hall–Kier alpha value is -1.99. The van der Waals surface area contributed by atoms with E-state index in [9.17, 15) is 4.79 Å². The maximum absolute atomic E-state index is 12.4. The highest BCUT2D eigenvalue weighted by Gasteiger charge is 2.16. The molecule has 0 spiro atoms. The van der Waals surface area contributed by atoms with Gasteiger partial charge in [-0.25, -0.2) is 0 Å². The van der Waals surface area contributed by atoms with Crippen LogP contribution in [-0.4, -0.2) is 29.8 Å². The van der Waals surface area contributed by atoms with Gasteiger partial charge in [0.05, 0.1) is 12.2 Å². The molecule has 0 aliphatic rings. The molecule has 0 aliphatic heterocycles. The van der Waals surface area contributed by atoms with Crippen molar-refractivity contribution in [2.45, 2.75) is 26.4 Å². The van der Waals surface area contributed by atoms with Crippen LogP contribution in [0.5, 0.6) is 5.75 Å². The Morgan fingerprint density at radius 3 is 2.86 bits per heavy atom. The van der Waals surface area contributed by atoms with Gasteiger partial charge in [-0.05, 0) is 25.5 Å². The molecule has 118 valence electrons. The Morgan fingerprint density at radius 1 is 1.36 bits per heavy atom. The molecular formula is C15H19N3O3S. The van der Waals surface area contributed by atoms with Gasteiger partial charge in [0.1, 0.15) is 16.9 Å². The molecule has 0 radical (unpaired) electrons. The number of anilines is 1. The maximum Gasteiger partial charge on any atom is 0.261 e. The molecule has 1 amide bonds. The zero-order valence-electron chi connectivity index (χ0n) is 12.8. The molecule has 6 nitrogen and oxygen atoms in total. The molecule has 0 bridgehead atoms. The number of amides is 1. The van der Waals surface area contributed by atoms with Crippen LogP contribution in [0.25, 0.3) is 0 Å². The number of carbonyl (C=O) groups excluding carboxylic acids is 1. The molecule has 1 aromatic carbocycles. The number of hydrogen-bond donors (Lipinski definition) is 1. The zero-order valence-corrected chi connectivity index (χ0v) is 13.6. The second-order valence-corrected chi connectivity index (χ2v) is 5.63. The second kappa shape index (κ2) is 7.86. The Morgan fingerprint density at radius 2 is 2.14 bits per heavy atom. The fraction of sp³-hybridized carbons (Fsp3) is 0.400. The zero-order chi connectivity index (χ0) is 15.9. The summed E-state index contributed by atoms with van der Waals surface area (Å²) < 4.78 is 10.8. The van der Waals surface area contributed by atoms with Crippen molar-refractivity contribution >= 4 is 22.4 Å². The molecule has 1 aromatic heterocycles. The number of ether oxygens (including phenoxy) is 2. The van der Waals surface area contributed by atoms with Gasteiger partial charge in [0.2, 0.25) is 5.13 Å². The summed E-state index contributed by atoms with van der Waals surface area (Å²) in [6, 6.07) is 7.14. The van der Waals surface area contributed by atoms with E-state index in [1.807, 2.05) is 19.9 Å². The van der Waals surface area contributed by atoms with Crippen LogP contribution in [0.1, 0.15) is 41.7 Å². The SMILES string of the molecule is CCCOc1ccccc1C(=O)Nc1nnc(C(C)OC)s1. The first kappa shape index (κ1) is 16.4. The summed E-state index contributed by atoms with van der Waals surface area (Å²) in [6.07, 6.45) is 0.730. The third-order valence-corrected chi connectivity index (χ3v) is 3.96. The van der Waals surface area contributed by atoms with Crippen molar-refractivity contribution in [2.75, 3.05) is 19.0 Å². The van der Waals surface area contributed by atoms with E-state index in [0.29, 0.717) is 28.1 Å². The maximum atomic E-state index is 12.4. The molecule has 2 aromatic rings. The van der Waals surface area contributed by atoms with E-state index < -0.39 is 0 Å². The number of rotatable bonds is 7. The molecule has 0 saturated carbocycles. The van der Waals surface area contributed by atoms with Crippen molar-refractivity contribution in [2.24, 2.45) is 0 Å². The van der Waals surface area contributed by atoms with Crippen LogP contribution in [-0.2, 0) is 4.74 Å². The topological polar surface area (TPSA) is 73.3 Å². The van der Waals surface area contributed by atoms with E-state index in [0.717, 1.165) is 6.42 Å². The molecule has 22 heavy (non-hydrogen) atoms. The van der Waals surface area contributed by atoms with E-state index in [4.69, 9.17) is 9.47 Å². The molecular weight excluding hydrogens is 302 g/mol. The van der Waals surface area contributed by atoms with Gasteiger partial charge < -0.3 is 9.47 Å². The monoisotopic (exact) mass is 321 g/mol. The van der Waals surface area contributed by atoms with Crippen molar-refractivity contribution in [1.29, 1.82) is 0 Å². The van der Waals surface area contributed by atoms with Crippen LogP contribution < -0.4 is 10.1 Å². The molecule has 0 saturated heterocycles. The van der Waals surface area contributed by atoms with Crippen LogP contribution in [0, 0.1) is 0 Å². The lowest BCUT2D eigenvalue weighted by Crippen LogP contribution is -2.13. The number of aromatic nitrogens is 2. The first-order valence-corrected chi connectivity index (χ1v) is 7.86. The largest absolute Gasteiger partial charge is 0.493 e. The van der Waals surface area contributed by atoms with Crippen LogP contribution in [0.2, 0.25) is 0 Å². The molecule has 1 unspecified atom stereocenters. The minimum atomic E-state index is -0.264. The van der Waals surface area contributed by atoms with Crippen LogP contribution in [0.15, 0.2) is 24.3 Å². The number of hydrogen-bond acceptors (Lipinski definition) is 6. The Kier molecular flexibility index (Phi) is 5.85. The van der Waals surface area contributed by atoms with Gasteiger partial charge in [-0.1, -0.05) is 30.4 Å². The number of nitrogens with one attached hydrogen (secondary N) is 1. The van der Waals surface area contributed by atoms with Crippen molar-refractivity contribution in [3.05, 3.63) is 34.8 Å². The van der Waals surface area contributed by atoms with Crippen molar-refractivity contribution in [3.8, 4) is 5.75 Å². The average molecular weight is 321 g/mol. The summed E-state index contributed by atoms with van der Waals surface area (Å²) in [5.41, 5.74) is 0.479. The van der Waals surface area contributed by atoms with Crippen LogP contribution in [0.3, 0.4) is 0 Å². The van der Waals surface area contributed by atoms with Gasteiger partial charge in [0, 0.05) is 7.11 Å². The number of para-hydroxylation sites is 1. The third-order valence-electron chi connectivity index (χ3n) is 2.96. The van der Waals surface area contributed by atoms with E-state index >= 15 is 0 Å². The lowest BCUT2D eigenvalue weighted by atomic mass is 10.2. The number of methoxy groups -OCH3 is 1. The fourth-order valence-corrected chi connectivity index (χ4v) is 2.47. The van der Waals surface area contributed by atoms with E-state index in [1.54, 1.807) is 25.3 Å². The van der Waals surface area contributed by atoms with Gasteiger partial charge in [0.25, 0.3) is 5.91 Å². The van der Waals surface area contributed by atoms with Crippen molar-refractivity contribution < 1.29 is 14.3 Å². The van der Waals surface area contributed by atoms with Gasteiger partial charge in [0.15, 0.2) is 0 Å². The Bertz CT molecular complexity index is 630. The minimum absolute atomic E-state index is 0.150. The molecule has 0 aliphatic carbocycles.